The van der Waals surface area contributed by atoms with E-state index in [4.69, 9.17) is 0 Å². The Hall–Kier alpha value is -0.570. The van der Waals surface area contributed by atoms with Crippen molar-refractivity contribution in [2.24, 2.45) is 0 Å². The molecule has 0 aromatic carbocycles. The average molecular weight is 318 g/mol. The highest BCUT2D eigenvalue weighted by Gasteiger charge is 2.23. The van der Waals surface area contributed by atoms with Crippen molar-refractivity contribution in [3.05, 3.63) is 12.4 Å². The quantitative estimate of drug-likeness (QED) is 0.723. The van der Waals surface area contributed by atoms with Crippen molar-refractivity contribution in [3.63, 3.8) is 0 Å². The molecule has 0 saturated carbocycles. The molecular formula is C12H22N4O2S2. The second-order valence-corrected chi connectivity index (χ2v) is 7.80. The third-order valence-corrected chi connectivity index (χ3v) is 5.91. The van der Waals surface area contributed by atoms with E-state index in [1.165, 1.54) is 6.20 Å². The second kappa shape index (κ2) is 7.44. The van der Waals surface area contributed by atoms with E-state index in [-0.39, 0.29) is 10.9 Å². The molecular weight excluding hydrogens is 296 g/mol. The van der Waals surface area contributed by atoms with Crippen LogP contribution in [0, 0.1) is 0 Å². The molecule has 114 valence electrons. The van der Waals surface area contributed by atoms with Crippen molar-refractivity contribution in [1.29, 1.82) is 0 Å². The Morgan fingerprint density at radius 2 is 2.40 bits per heavy atom. The van der Waals surface area contributed by atoms with Gasteiger partial charge < -0.3 is 5.32 Å². The Morgan fingerprint density at radius 1 is 1.55 bits per heavy atom. The standard InChI is InChI=1S/C12H22N4O2S2/c1-13-5-3-6-16-9-12(8-14-16)20(17,18)15-11-4-2-7-19-10-11/h8-9,11,13,15H,2-7,10H2,1H3. The van der Waals surface area contributed by atoms with Gasteiger partial charge in [-0.1, -0.05) is 0 Å². The van der Waals surface area contributed by atoms with Gasteiger partial charge in [0.05, 0.1) is 6.20 Å². The molecule has 0 bridgehead atoms. The number of thioether (sulfide) groups is 1. The van der Waals surface area contributed by atoms with E-state index in [1.807, 2.05) is 7.05 Å². The van der Waals surface area contributed by atoms with Crippen LogP contribution in [0.1, 0.15) is 19.3 Å². The van der Waals surface area contributed by atoms with Crippen molar-refractivity contribution in [2.45, 2.75) is 36.7 Å². The summed E-state index contributed by atoms with van der Waals surface area (Å²) in [4.78, 5) is 0.262. The van der Waals surface area contributed by atoms with Crippen LogP contribution in [0.25, 0.3) is 0 Å². The molecule has 0 spiro atoms. The zero-order chi connectivity index (χ0) is 14.4. The fraction of sp³-hybridized carbons (Fsp3) is 0.750. The van der Waals surface area contributed by atoms with E-state index in [1.54, 1.807) is 22.6 Å². The zero-order valence-corrected chi connectivity index (χ0v) is 13.3. The van der Waals surface area contributed by atoms with Crippen molar-refractivity contribution >= 4 is 21.8 Å². The predicted molar refractivity (Wildman–Crippen MR) is 81.4 cm³/mol. The third kappa shape index (κ3) is 4.47. The molecule has 2 rings (SSSR count). The minimum Gasteiger partial charge on any atom is -0.320 e. The van der Waals surface area contributed by atoms with Gasteiger partial charge >= 0.3 is 0 Å². The molecule has 8 heteroatoms. The van der Waals surface area contributed by atoms with Gasteiger partial charge in [-0.05, 0) is 38.6 Å². The SMILES string of the molecule is CNCCCn1cc(S(=O)(=O)NC2CCCSC2)cn1. The Balaban J connectivity index is 1.94. The summed E-state index contributed by atoms with van der Waals surface area (Å²) in [5.41, 5.74) is 0. The normalized spacial score (nSPS) is 20.1. The highest BCUT2D eigenvalue weighted by atomic mass is 32.2. The van der Waals surface area contributed by atoms with E-state index < -0.39 is 10.0 Å². The van der Waals surface area contributed by atoms with Crippen LogP contribution in [0.4, 0.5) is 0 Å². The number of hydrogen-bond acceptors (Lipinski definition) is 5. The van der Waals surface area contributed by atoms with Gasteiger partial charge in [0.2, 0.25) is 10.0 Å². The molecule has 20 heavy (non-hydrogen) atoms. The van der Waals surface area contributed by atoms with Crippen LogP contribution in [0.15, 0.2) is 17.3 Å². The van der Waals surface area contributed by atoms with E-state index in [0.29, 0.717) is 0 Å². The molecule has 1 unspecified atom stereocenters. The monoisotopic (exact) mass is 318 g/mol. The Morgan fingerprint density at radius 3 is 3.10 bits per heavy atom. The third-order valence-electron chi connectivity index (χ3n) is 3.22. The Kier molecular flexibility index (Phi) is 5.88. The average Bonchev–Trinajstić information content (AvgIpc) is 2.89. The first kappa shape index (κ1) is 15.8. The molecule has 1 aliphatic heterocycles. The number of nitrogens with one attached hydrogen (secondary N) is 2. The maximum Gasteiger partial charge on any atom is 0.243 e. The molecule has 0 amide bonds. The fourth-order valence-corrected chi connectivity index (χ4v) is 4.54. The molecule has 1 fully saturated rings. The molecule has 1 aromatic heterocycles. The summed E-state index contributed by atoms with van der Waals surface area (Å²) in [6.45, 7) is 1.61. The summed E-state index contributed by atoms with van der Waals surface area (Å²) in [6, 6.07) is 0.0476. The van der Waals surface area contributed by atoms with Crippen molar-refractivity contribution < 1.29 is 8.42 Å². The maximum absolute atomic E-state index is 12.3. The topological polar surface area (TPSA) is 76.0 Å². The number of hydrogen-bond donors (Lipinski definition) is 2. The zero-order valence-electron chi connectivity index (χ0n) is 11.7. The van der Waals surface area contributed by atoms with Gasteiger partial charge in [-0.3, -0.25) is 4.68 Å². The lowest BCUT2D eigenvalue weighted by molar-refractivity contribution is 0.541. The van der Waals surface area contributed by atoms with E-state index in [9.17, 15) is 8.42 Å². The van der Waals surface area contributed by atoms with Gasteiger partial charge in [0.1, 0.15) is 4.90 Å². The van der Waals surface area contributed by atoms with Crippen LogP contribution in [0.2, 0.25) is 0 Å². The van der Waals surface area contributed by atoms with Gasteiger partial charge in [0.15, 0.2) is 0 Å². The highest BCUT2D eigenvalue weighted by Crippen LogP contribution is 2.19. The lowest BCUT2D eigenvalue weighted by atomic mass is 10.2. The van der Waals surface area contributed by atoms with Crippen LogP contribution in [-0.2, 0) is 16.6 Å². The summed E-state index contributed by atoms with van der Waals surface area (Å²) in [5.74, 6) is 1.98. The first-order valence-corrected chi connectivity index (χ1v) is 9.53. The summed E-state index contributed by atoms with van der Waals surface area (Å²) in [7, 11) is -1.54. The lowest BCUT2D eigenvalue weighted by Crippen LogP contribution is -2.38. The molecule has 0 aliphatic carbocycles. The molecule has 2 N–H and O–H groups in total. The predicted octanol–water partition coefficient (Wildman–Crippen LogP) is 0.667. The summed E-state index contributed by atoms with van der Waals surface area (Å²) < 4.78 is 29.0. The Bertz CT molecular complexity index is 509. The van der Waals surface area contributed by atoms with Crippen molar-refractivity contribution in [1.82, 2.24) is 19.8 Å². The van der Waals surface area contributed by atoms with Gasteiger partial charge in [0.25, 0.3) is 0 Å². The largest absolute Gasteiger partial charge is 0.320 e. The lowest BCUT2D eigenvalue weighted by Gasteiger charge is -2.21. The molecule has 1 aliphatic rings. The van der Waals surface area contributed by atoms with Crippen molar-refractivity contribution in [2.75, 3.05) is 25.1 Å². The Labute approximate surface area is 124 Å². The summed E-state index contributed by atoms with van der Waals surface area (Å²) in [6.07, 6.45) is 5.94. The van der Waals surface area contributed by atoms with Crippen LogP contribution < -0.4 is 10.0 Å². The van der Waals surface area contributed by atoms with Crippen LogP contribution >= 0.6 is 11.8 Å². The van der Waals surface area contributed by atoms with Gasteiger partial charge in [-0.15, -0.1) is 0 Å². The van der Waals surface area contributed by atoms with Crippen molar-refractivity contribution in [3.8, 4) is 0 Å². The van der Waals surface area contributed by atoms with Crippen LogP contribution in [-0.4, -0.2) is 49.3 Å². The number of nitrogens with zero attached hydrogens (tertiary/aromatic N) is 2. The van der Waals surface area contributed by atoms with E-state index in [2.05, 4.69) is 15.1 Å². The highest BCUT2D eigenvalue weighted by molar-refractivity contribution is 7.99. The molecule has 1 saturated heterocycles. The minimum atomic E-state index is -3.43. The van der Waals surface area contributed by atoms with Crippen LogP contribution in [0.5, 0.6) is 0 Å². The first-order valence-electron chi connectivity index (χ1n) is 6.89. The minimum absolute atomic E-state index is 0.0476. The van der Waals surface area contributed by atoms with Gasteiger partial charge in [-0.25, -0.2) is 13.1 Å². The second-order valence-electron chi connectivity index (χ2n) is 4.93. The van der Waals surface area contributed by atoms with Crippen LogP contribution in [0.3, 0.4) is 0 Å². The molecule has 6 nitrogen and oxygen atoms in total. The fourth-order valence-electron chi connectivity index (χ4n) is 2.14. The smallest absolute Gasteiger partial charge is 0.243 e. The van der Waals surface area contributed by atoms with Gasteiger partial charge in [-0.2, -0.15) is 16.9 Å². The molecule has 0 radical (unpaired) electrons. The van der Waals surface area contributed by atoms with E-state index in [0.717, 1.165) is 43.9 Å². The number of aromatic nitrogens is 2. The van der Waals surface area contributed by atoms with E-state index >= 15 is 0 Å². The summed E-state index contributed by atoms with van der Waals surface area (Å²) >= 11 is 1.80. The molecule has 1 aromatic rings. The maximum atomic E-state index is 12.3. The number of rotatable bonds is 7. The number of sulfonamides is 1. The summed E-state index contributed by atoms with van der Waals surface area (Å²) in [5, 5.41) is 7.17. The van der Waals surface area contributed by atoms with Gasteiger partial charge in [0, 0.05) is 24.5 Å². The molecule has 1 atom stereocenters. The molecule has 2 heterocycles. The first-order chi connectivity index (χ1) is 9.62. The number of aryl methyl sites for hydroxylation is 1.